The van der Waals surface area contributed by atoms with Crippen molar-refractivity contribution in [2.24, 2.45) is 0 Å². The summed E-state index contributed by atoms with van der Waals surface area (Å²) in [6.45, 7) is 2.09. The van der Waals surface area contributed by atoms with Gasteiger partial charge < -0.3 is 4.74 Å². The van der Waals surface area contributed by atoms with Gasteiger partial charge in [0.05, 0.1) is 18.3 Å². The van der Waals surface area contributed by atoms with Crippen LogP contribution in [0.1, 0.15) is 17.4 Å². The Kier molecular flexibility index (Phi) is 2.75. The average Bonchev–Trinajstić information content (AvgIpc) is 3.05. The Morgan fingerprint density at radius 3 is 3.11 bits per heavy atom. The number of ether oxygens (including phenoxy) is 1. The van der Waals surface area contributed by atoms with Crippen LogP contribution in [-0.4, -0.2) is 32.3 Å². The molecule has 0 spiro atoms. The van der Waals surface area contributed by atoms with Gasteiger partial charge in [-0.25, -0.2) is 9.78 Å². The van der Waals surface area contributed by atoms with Gasteiger partial charge in [0.1, 0.15) is 6.33 Å². The maximum Gasteiger partial charge on any atom is 0.357 e. The molecule has 0 atom stereocenters. The van der Waals surface area contributed by atoms with Gasteiger partial charge in [-0.15, -0.1) is 0 Å². The lowest BCUT2D eigenvalue weighted by Crippen LogP contribution is -2.10. The standard InChI is InChI=1S/C13H12N4O2/c1-2-19-13(18)11-7-14-8-17(11)12-9-5-3-4-6-10(9)15-16-12/h3-8H,2H2,1H3,(H,15,16). The van der Waals surface area contributed by atoms with E-state index in [9.17, 15) is 4.79 Å². The number of carbonyl (C=O) groups is 1. The second-order valence-electron chi connectivity index (χ2n) is 3.96. The van der Waals surface area contributed by atoms with Gasteiger partial charge in [0.15, 0.2) is 11.5 Å². The quantitative estimate of drug-likeness (QED) is 0.727. The Labute approximate surface area is 109 Å². The highest BCUT2D eigenvalue weighted by atomic mass is 16.5. The molecule has 6 heteroatoms. The molecule has 1 aromatic carbocycles. The molecule has 3 aromatic rings. The van der Waals surface area contributed by atoms with Gasteiger partial charge in [0, 0.05) is 5.39 Å². The van der Waals surface area contributed by atoms with Crippen molar-refractivity contribution in [2.45, 2.75) is 6.92 Å². The van der Waals surface area contributed by atoms with Gasteiger partial charge >= 0.3 is 5.97 Å². The van der Waals surface area contributed by atoms with Gasteiger partial charge in [-0.1, -0.05) is 12.1 Å². The number of nitrogens with zero attached hydrogens (tertiary/aromatic N) is 3. The number of hydrogen-bond donors (Lipinski definition) is 1. The highest BCUT2D eigenvalue weighted by molar-refractivity contribution is 5.91. The molecule has 2 aromatic heterocycles. The number of aromatic amines is 1. The Balaban J connectivity index is 2.12. The summed E-state index contributed by atoms with van der Waals surface area (Å²) in [5.74, 6) is 0.225. The molecule has 0 radical (unpaired) electrons. The van der Waals surface area contributed by atoms with Gasteiger partial charge in [-0.3, -0.25) is 9.67 Å². The number of para-hydroxylation sites is 1. The third kappa shape index (κ3) is 1.87. The van der Waals surface area contributed by atoms with Crippen LogP contribution in [0.25, 0.3) is 16.7 Å². The Morgan fingerprint density at radius 2 is 2.26 bits per heavy atom. The highest BCUT2D eigenvalue weighted by Crippen LogP contribution is 2.20. The van der Waals surface area contributed by atoms with Crippen molar-refractivity contribution in [3.63, 3.8) is 0 Å². The smallest absolute Gasteiger partial charge is 0.357 e. The number of esters is 1. The number of imidazole rings is 1. The molecule has 3 rings (SSSR count). The molecular formula is C13H12N4O2. The number of aromatic nitrogens is 4. The van der Waals surface area contributed by atoms with E-state index >= 15 is 0 Å². The summed E-state index contributed by atoms with van der Waals surface area (Å²) in [5.41, 5.74) is 1.26. The van der Waals surface area contributed by atoms with Crippen LogP contribution < -0.4 is 0 Å². The summed E-state index contributed by atoms with van der Waals surface area (Å²) in [7, 11) is 0. The van der Waals surface area contributed by atoms with E-state index in [1.165, 1.54) is 6.20 Å². The molecule has 6 nitrogen and oxygen atoms in total. The molecule has 2 heterocycles. The van der Waals surface area contributed by atoms with Crippen molar-refractivity contribution in [3.8, 4) is 5.82 Å². The van der Waals surface area contributed by atoms with Crippen LogP contribution in [0.2, 0.25) is 0 Å². The van der Waals surface area contributed by atoms with Gasteiger partial charge in [0.25, 0.3) is 0 Å². The molecule has 0 aliphatic carbocycles. The van der Waals surface area contributed by atoms with E-state index in [0.717, 1.165) is 10.9 Å². The Hall–Kier alpha value is -2.63. The second kappa shape index (κ2) is 4.56. The first-order valence-corrected chi connectivity index (χ1v) is 5.94. The zero-order chi connectivity index (χ0) is 13.2. The van der Waals surface area contributed by atoms with Crippen LogP contribution in [0.15, 0.2) is 36.8 Å². The monoisotopic (exact) mass is 256 g/mol. The van der Waals surface area contributed by atoms with Crippen molar-refractivity contribution in [1.29, 1.82) is 0 Å². The first-order valence-electron chi connectivity index (χ1n) is 5.94. The summed E-state index contributed by atoms with van der Waals surface area (Å²) in [4.78, 5) is 15.8. The highest BCUT2D eigenvalue weighted by Gasteiger charge is 2.17. The first kappa shape index (κ1) is 11.5. The van der Waals surface area contributed by atoms with Crippen molar-refractivity contribution in [3.05, 3.63) is 42.5 Å². The fourth-order valence-electron chi connectivity index (χ4n) is 1.95. The minimum atomic E-state index is -0.410. The van der Waals surface area contributed by atoms with E-state index in [-0.39, 0.29) is 0 Å². The van der Waals surface area contributed by atoms with Gasteiger partial charge in [-0.2, -0.15) is 5.10 Å². The van der Waals surface area contributed by atoms with Crippen LogP contribution >= 0.6 is 0 Å². The zero-order valence-corrected chi connectivity index (χ0v) is 10.3. The number of fused-ring (bicyclic) bond motifs is 1. The summed E-state index contributed by atoms with van der Waals surface area (Å²) in [6.07, 6.45) is 3.02. The third-order valence-corrected chi connectivity index (χ3v) is 2.80. The normalized spacial score (nSPS) is 10.8. The van der Waals surface area contributed by atoms with Crippen molar-refractivity contribution in [2.75, 3.05) is 6.61 Å². The SMILES string of the molecule is CCOC(=O)c1cncn1-c1n[nH]c2ccccc12. The molecule has 0 saturated carbocycles. The van der Waals surface area contributed by atoms with Crippen LogP contribution in [0.3, 0.4) is 0 Å². The maximum absolute atomic E-state index is 11.8. The number of benzene rings is 1. The molecule has 1 N–H and O–H groups in total. The topological polar surface area (TPSA) is 72.8 Å². The first-order chi connectivity index (χ1) is 9.31. The third-order valence-electron chi connectivity index (χ3n) is 2.80. The fraction of sp³-hybridized carbons (Fsp3) is 0.154. The van der Waals surface area contributed by atoms with Crippen LogP contribution in [0, 0.1) is 0 Å². The second-order valence-corrected chi connectivity index (χ2v) is 3.96. The molecule has 96 valence electrons. The molecule has 0 amide bonds. The molecule has 19 heavy (non-hydrogen) atoms. The number of rotatable bonds is 3. The van der Waals surface area contributed by atoms with E-state index in [0.29, 0.717) is 18.1 Å². The molecule has 0 saturated heterocycles. The molecule has 0 unspecified atom stereocenters. The summed E-state index contributed by atoms with van der Waals surface area (Å²) in [6, 6.07) is 7.70. The number of hydrogen-bond acceptors (Lipinski definition) is 4. The summed E-state index contributed by atoms with van der Waals surface area (Å²) in [5, 5.41) is 8.08. The number of H-pyrrole nitrogens is 1. The Morgan fingerprint density at radius 1 is 1.42 bits per heavy atom. The Bertz CT molecular complexity index is 729. The number of carbonyl (C=O) groups excluding carboxylic acids is 1. The van der Waals surface area contributed by atoms with Crippen molar-refractivity contribution < 1.29 is 9.53 Å². The van der Waals surface area contributed by atoms with Gasteiger partial charge in [0.2, 0.25) is 0 Å². The summed E-state index contributed by atoms with van der Waals surface area (Å²) < 4.78 is 6.62. The fourth-order valence-corrected chi connectivity index (χ4v) is 1.95. The molecule has 0 aliphatic heterocycles. The average molecular weight is 256 g/mol. The van der Waals surface area contributed by atoms with Crippen LogP contribution in [-0.2, 0) is 4.74 Å². The van der Waals surface area contributed by atoms with Gasteiger partial charge in [-0.05, 0) is 19.1 Å². The largest absolute Gasteiger partial charge is 0.461 e. The lowest BCUT2D eigenvalue weighted by molar-refractivity contribution is 0.0517. The van der Waals surface area contributed by atoms with E-state index in [1.807, 2.05) is 24.3 Å². The molecular weight excluding hydrogens is 244 g/mol. The van der Waals surface area contributed by atoms with E-state index in [2.05, 4.69) is 15.2 Å². The molecule has 0 fully saturated rings. The van der Waals surface area contributed by atoms with Crippen LogP contribution in [0.4, 0.5) is 0 Å². The molecule has 0 aliphatic rings. The lowest BCUT2D eigenvalue weighted by atomic mass is 10.2. The predicted molar refractivity (Wildman–Crippen MR) is 69.2 cm³/mol. The van der Waals surface area contributed by atoms with Crippen molar-refractivity contribution >= 4 is 16.9 Å². The minimum Gasteiger partial charge on any atom is -0.461 e. The van der Waals surface area contributed by atoms with E-state index in [4.69, 9.17) is 4.74 Å². The summed E-state index contributed by atoms with van der Waals surface area (Å²) >= 11 is 0. The predicted octanol–water partition coefficient (Wildman–Crippen LogP) is 1.93. The zero-order valence-electron chi connectivity index (χ0n) is 10.3. The van der Waals surface area contributed by atoms with Crippen molar-refractivity contribution in [1.82, 2.24) is 19.7 Å². The lowest BCUT2D eigenvalue weighted by Gasteiger charge is -2.04. The van der Waals surface area contributed by atoms with E-state index < -0.39 is 5.97 Å². The minimum absolute atomic E-state index is 0.325. The van der Waals surface area contributed by atoms with Crippen LogP contribution in [0.5, 0.6) is 0 Å². The maximum atomic E-state index is 11.8. The molecule has 0 bridgehead atoms. The number of nitrogens with one attached hydrogen (secondary N) is 1. The van der Waals surface area contributed by atoms with E-state index in [1.54, 1.807) is 17.8 Å².